The minimum Gasteiger partial charge on any atom is -0.497 e. The zero-order chi connectivity index (χ0) is 21.7. The molecule has 4 heterocycles. The van der Waals surface area contributed by atoms with Crippen LogP contribution in [0.4, 0.5) is 5.69 Å². The van der Waals surface area contributed by atoms with Crippen LogP contribution >= 0.6 is 0 Å². The number of hydrogen-bond donors (Lipinski definition) is 0. The highest BCUT2D eigenvalue weighted by molar-refractivity contribution is 5.84. The standard InChI is InChI=1S/C22H22N4O5/c1-31-17-2-3-18-15(9-17)6-7-23(18)13-21(27)24-10-14-8-16(12-24)19-4-5-20(26(29)30)22(28)25(19)11-14/h2-7,9,14,16H,8,10-13H2,1H3/t14-,16-/m1/s1. The molecule has 1 fully saturated rings. The van der Waals surface area contributed by atoms with Gasteiger partial charge in [0.05, 0.1) is 12.0 Å². The van der Waals surface area contributed by atoms with E-state index >= 15 is 0 Å². The third kappa shape index (κ3) is 3.26. The fraction of sp³-hybridized carbons (Fsp3) is 0.364. The van der Waals surface area contributed by atoms with Crippen LogP contribution in [0.2, 0.25) is 0 Å². The minimum absolute atomic E-state index is 0.00983. The van der Waals surface area contributed by atoms with Gasteiger partial charge in [0.25, 0.3) is 0 Å². The van der Waals surface area contributed by atoms with Crippen molar-refractivity contribution in [1.82, 2.24) is 14.0 Å². The summed E-state index contributed by atoms with van der Waals surface area (Å²) in [4.78, 5) is 38.0. The van der Waals surface area contributed by atoms with E-state index in [0.29, 0.717) is 19.6 Å². The van der Waals surface area contributed by atoms with Crippen LogP contribution in [0.3, 0.4) is 0 Å². The van der Waals surface area contributed by atoms with Gasteiger partial charge in [-0.2, -0.15) is 0 Å². The van der Waals surface area contributed by atoms with Gasteiger partial charge in [-0.1, -0.05) is 0 Å². The predicted molar refractivity (Wildman–Crippen MR) is 113 cm³/mol. The number of carbonyl (C=O) groups is 1. The van der Waals surface area contributed by atoms with Crippen LogP contribution in [0.1, 0.15) is 18.0 Å². The van der Waals surface area contributed by atoms with E-state index in [1.54, 1.807) is 13.2 Å². The lowest BCUT2D eigenvalue weighted by Crippen LogP contribution is -2.50. The molecule has 1 saturated heterocycles. The Morgan fingerprint density at radius 3 is 2.81 bits per heavy atom. The number of nitrogens with zero attached hydrogens (tertiary/aromatic N) is 4. The quantitative estimate of drug-likeness (QED) is 0.475. The maximum Gasteiger partial charge on any atom is 0.334 e. The second-order valence-electron chi connectivity index (χ2n) is 8.28. The lowest BCUT2D eigenvalue weighted by atomic mass is 9.83. The van der Waals surface area contributed by atoms with E-state index < -0.39 is 16.2 Å². The number of nitro groups is 1. The SMILES string of the molecule is COc1ccc2c(ccn2CC(=O)N2C[C@H]3C[C@H](C2)c2ccc([N+](=O)[O-])c(=O)n2C3)c1. The zero-order valence-electron chi connectivity index (χ0n) is 17.1. The number of methoxy groups -OCH3 is 1. The molecular formula is C22H22N4O5. The van der Waals surface area contributed by atoms with Gasteiger partial charge in [-0.05, 0) is 42.7 Å². The van der Waals surface area contributed by atoms with E-state index in [9.17, 15) is 19.7 Å². The highest BCUT2D eigenvalue weighted by Gasteiger charge is 2.37. The van der Waals surface area contributed by atoms with Gasteiger partial charge in [-0.3, -0.25) is 19.7 Å². The summed E-state index contributed by atoms with van der Waals surface area (Å²) in [6.45, 7) is 1.71. The normalized spacial score (nSPS) is 19.8. The van der Waals surface area contributed by atoms with Gasteiger partial charge in [0.1, 0.15) is 12.3 Å². The van der Waals surface area contributed by atoms with Crippen molar-refractivity contribution in [3.8, 4) is 5.75 Å². The molecule has 2 aliphatic heterocycles. The summed E-state index contributed by atoms with van der Waals surface area (Å²) in [6.07, 6.45) is 2.79. The van der Waals surface area contributed by atoms with Gasteiger partial charge in [0.15, 0.2) is 0 Å². The molecule has 31 heavy (non-hydrogen) atoms. The molecule has 0 radical (unpaired) electrons. The van der Waals surface area contributed by atoms with Gasteiger partial charge in [-0.25, -0.2) is 0 Å². The van der Waals surface area contributed by atoms with Crippen LogP contribution in [-0.2, 0) is 17.9 Å². The number of rotatable bonds is 4. The topological polar surface area (TPSA) is 99.6 Å². The van der Waals surface area contributed by atoms with Crippen molar-refractivity contribution in [3.05, 3.63) is 68.8 Å². The lowest BCUT2D eigenvalue weighted by Gasteiger charge is -2.42. The van der Waals surface area contributed by atoms with Crippen molar-refractivity contribution in [3.63, 3.8) is 0 Å². The summed E-state index contributed by atoms with van der Waals surface area (Å²) < 4.78 is 8.73. The second-order valence-corrected chi connectivity index (χ2v) is 8.28. The predicted octanol–water partition coefficient (Wildman–Crippen LogP) is 2.37. The van der Waals surface area contributed by atoms with E-state index in [2.05, 4.69) is 0 Å². The van der Waals surface area contributed by atoms with Crippen molar-refractivity contribution in [2.24, 2.45) is 5.92 Å². The Kier molecular flexibility index (Phi) is 4.53. The average Bonchev–Trinajstić information content (AvgIpc) is 3.15. The zero-order valence-corrected chi connectivity index (χ0v) is 17.1. The Hall–Kier alpha value is -3.62. The summed E-state index contributed by atoms with van der Waals surface area (Å²) in [5.74, 6) is 0.923. The minimum atomic E-state index is -0.632. The van der Waals surface area contributed by atoms with Crippen molar-refractivity contribution >= 4 is 22.5 Å². The lowest BCUT2D eigenvalue weighted by molar-refractivity contribution is -0.386. The smallest absolute Gasteiger partial charge is 0.334 e. The number of piperidine rings is 1. The van der Waals surface area contributed by atoms with Crippen LogP contribution < -0.4 is 10.3 Å². The molecule has 0 aliphatic carbocycles. The molecule has 0 saturated carbocycles. The van der Waals surface area contributed by atoms with E-state index in [0.717, 1.165) is 28.8 Å². The third-order valence-corrected chi connectivity index (χ3v) is 6.42. The molecule has 5 rings (SSSR count). The summed E-state index contributed by atoms with van der Waals surface area (Å²) in [5.41, 5.74) is 0.803. The fourth-order valence-electron chi connectivity index (χ4n) is 4.97. The van der Waals surface area contributed by atoms with Crippen molar-refractivity contribution in [1.29, 1.82) is 0 Å². The van der Waals surface area contributed by atoms with Crippen molar-refractivity contribution in [2.45, 2.75) is 25.4 Å². The number of benzene rings is 1. The first kappa shape index (κ1) is 19.3. The molecule has 0 N–H and O–H groups in total. The number of ether oxygens (including phenoxy) is 1. The molecule has 2 aromatic heterocycles. The van der Waals surface area contributed by atoms with Crippen molar-refractivity contribution in [2.75, 3.05) is 20.2 Å². The van der Waals surface area contributed by atoms with E-state index in [1.807, 2.05) is 39.9 Å². The number of aromatic nitrogens is 2. The highest BCUT2D eigenvalue weighted by atomic mass is 16.6. The fourth-order valence-corrected chi connectivity index (χ4v) is 4.97. The molecule has 2 bridgehead atoms. The first-order chi connectivity index (χ1) is 14.9. The molecule has 1 amide bonds. The largest absolute Gasteiger partial charge is 0.497 e. The number of amides is 1. The first-order valence-electron chi connectivity index (χ1n) is 10.2. The summed E-state index contributed by atoms with van der Waals surface area (Å²) >= 11 is 0. The first-order valence-corrected chi connectivity index (χ1v) is 10.2. The molecule has 3 aromatic rings. The number of carbonyl (C=O) groups excluding carboxylic acids is 1. The van der Waals surface area contributed by atoms with E-state index in [1.165, 1.54) is 10.6 Å². The molecule has 2 aliphatic rings. The Morgan fingerprint density at radius 2 is 2.03 bits per heavy atom. The van der Waals surface area contributed by atoms with Gasteiger partial charge < -0.3 is 18.8 Å². The van der Waals surface area contributed by atoms with Crippen LogP contribution in [0.15, 0.2) is 47.4 Å². The molecule has 0 spiro atoms. The molecular weight excluding hydrogens is 400 g/mol. The third-order valence-electron chi connectivity index (χ3n) is 6.42. The van der Waals surface area contributed by atoms with Crippen LogP contribution in [0.25, 0.3) is 10.9 Å². The number of pyridine rings is 1. The average molecular weight is 422 g/mol. The maximum atomic E-state index is 13.1. The molecule has 9 nitrogen and oxygen atoms in total. The van der Waals surface area contributed by atoms with Gasteiger partial charge in [0.2, 0.25) is 5.91 Å². The number of fused-ring (bicyclic) bond motifs is 5. The van der Waals surface area contributed by atoms with Gasteiger partial charge in [0, 0.05) is 54.4 Å². The maximum absolute atomic E-state index is 13.1. The van der Waals surface area contributed by atoms with Crippen LogP contribution in [-0.4, -0.2) is 45.1 Å². The Labute approximate surface area is 177 Å². The summed E-state index contributed by atoms with van der Waals surface area (Å²) in [5, 5.41) is 12.1. The molecule has 9 heteroatoms. The highest BCUT2D eigenvalue weighted by Crippen LogP contribution is 2.35. The molecule has 1 aromatic carbocycles. The Bertz CT molecular complexity index is 1260. The van der Waals surface area contributed by atoms with Crippen LogP contribution in [0.5, 0.6) is 5.75 Å². The van der Waals surface area contributed by atoms with E-state index in [-0.39, 0.29) is 24.3 Å². The Balaban J connectivity index is 1.37. The monoisotopic (exact) mass is 422 g/mol. The summed E-state index contributed by atoms with van der Waals surface area (Å²) in [7, 11) is 1.62. The number of hydrogen-bond acceptors (Lipinski definition) is 5. The Morgan fingerprint density at radius 1 is 1.19 bits per heavy atom. The molecule has 160 valence electrons. The summed E-state index contributed by atoms with van der Waals surface area (Å²) in [6, 6.07) is 10.7. The van der Waals surface area contributed by atoms with Gasteiger partial charge >= 0.3 is 11.2 Å². The number of likely N-dealkylation sites (tertiary alicyclic amines) is 1. The molecule has 2 atom stereocenters. The van der Waals surface area contributed by atoms with E-state index in [4.69, 9.17) is 4.74 Å². The van der Waals surface area contributed by atoms with Crippen LogP contribution in [0, 0.1) is 16.0 Å². The molecule has 0 unspecified atom stereocenters. The van der Waals surface area contributed by atoms with Crippen molar-refractivity contribution < 1.29 is 14.5 Å². The van der Waals surface area contributed by atoms with Gasteiger partial charge in [-0.15, -0.1) is 0 Å². The second kappa shape index (κ2) is 7.26.